The number of carbonyl (C=O) groups is 2. The van der Waals surface area contributed by atoms with Gasteiger partial charge in [0.1, 0.15) is 5.76 Å². The van der Waals surface area contributed by atoms with Gasteiger partial charge in [-0.2, -0.15) is 0 Å². The molecule has 154 valence electrons. The zero-order valence-electron chi connectivity index (χ0n) is 16.6. The largest absolute Gasteiger partial charge is 0.468 e. The number of pyridine rings is 1. The quantitative estimate of drug-likeness (QED) is 0.653. The summed E-state index contributed by atoms with van der Waals surface area (Å²) in [5.74, 6) is 0.702. The number of benzene rings is 1. The number of amides is 2. The van der Waals surface area contributed by atoms with E-state index in [0.717, 1.165) is 38.2 Å². The summed E-state index contributed by atoms with van der Waals surface area (Å²) in [6, 6.07) is 14.5. The molecule has 1 aliphatic heterocycles. The molecule has 1 aromatic carbocycles. The van der Waals surface area contributed by atoms with E-state index in [1.807, 2.05) is 18.2 Å². The van der Waals surface area contributed by atoms with Gasteiger partial charge in [0.25, 0.3) is 5.91 Å². The Morgan fingerprint density at radius 3 is 2.53 bits per heavy atom. The molecule has 3 heterocycles. The van der Waals surface area contributed by atoms with Crippen molar-refractivity contribution in [1.29, 1.82) is 0 Å². The van der Waals surface area contributed by atoms with E-state index in [4.69, 9.17) is 4.42 Å². The first-order valence-electron chi connectivity index (χ1n) is 10.0. The minimum absolute atomic E-state index is 0.0170. The summed E-state index contributed by atoms with van der Waals surface area (Å²) in [5.41, 5.74) is 1.77. The summed E-state index contributed by atoms with van der Waals surface area (Å²) in [4.78, 5) is 31.3. The van der Waals surface area contributed by atoms with Crippen LogP contribution in [0.3, 0.4) is 0 Å². The van der Waals surface area contributed by atoms with E-state index in [0.29, 0.717) is 16.9 Å². The van der Waals surface area contributed by atoms with Crippen LogP contribution in [0.15, 0.2) is 71.6 Å². The molecule has 2 N–H and O–H groups in total. The Morgan fingerprint density at radius 2 is 1.83 bits per heavy atom. The molecule has 7 nitrogen and oxygen atoms in total. The summed E-state index contributed by atoms with van der Waals surface area (Å²) < 4.78 is 5.40. The van der Waals surface area contributed by atoms with Crippen molar-refractivity contribution < 1.29 is 14.0 Å². The number of nitrogens with one attached hydrogen (secondary N) is 2. The molecule has 0 atom stereocenters. The topological polar surface area (TPSA) is 87.5 Å². The van der Waals surface area contributed by atoms with Gasteiger partial charge in [0.15, 0.2) is 0 Å². The van der Waals surface area contributed by atoms with Gasteiger partial charge in [0.05, 0.1) is 18.4 Å². The van der Waals surface area contributed by atoms with Crippen LogP contribution in [0.5, 0.6) is 0 Å². The zero-order chi connectivity index (χ0) is 20.8. The van der Waals surface area contributed by atoms with Crippen molar-refractivity contribution >= 4 is 23.2 Å². The number of likely N-dealkylation sites (tertiary alicyclic amines) is 1. The Morgan fingerprint density at radius 1 is 1.03 bits per heavy atom. The first-order valence-corrected chi connectivity index (χ1v) is 10.0. The molecule has 0 aliphatic carbocycles. The van der Waals surface area contributed by atoms with E-state index in [1.165, 1.54) is 6.20 Å². The molecule has 1 aliphatic rings. The molecule has 0 saturated carbocycles. The van der Waals surface area contributed by atoms with Crippen molar-refractivity contribution in [3.05, 3.63) is 78.5 Å². The number of nitrogens with zero attached hydrogens (tertiary/aromatic N) is 2. The number of rotatable bonds is 6. The molecule has 0 radical (unpaired) electrons. The Labute approximate surface area is 175 Å². The van der Waals surface area contributed by atoms with Crippen LogP contribution < -0.4 is 10.6 Å². The first-order chi connectivity index (χ1) is 14.7. The van der Waals surface area contributed by atoms with Gasteiger partial charge in [0, 0.05) is 29.7 Å². The van der Waals surface area contributed by atoms with Gasteiger partial charge in [-0.05, 0) is 68.4 Å². The highest BCUT2D eigenvalue weighted by Crippen LogP contribution is 2.22. The van der Waals surface area contributed by atoms with Gasteiger partial charge in [-0.1, -0.05) is 6.07 Å². The number of hydrogen-bond acceptors (Lipinski definition) is 5. The molecule has 0 bridgehead atoms. The average Bonchev–Trinajstić information content (AvgIpc) is 3.28. The molecule has 2 aromatic heterocycles. The highest BCUT2D eigenvalue weighted by molar-refractivity contribution is 6.04. The van der Waals surface area contributed by atoms with E-state index in [1.54, 1.807) is 42.8 Å². The number of furan rings is 1. The molecule has 30 heavy (non-hydrogen) atoms. The Hall–Kier alpha value is -3.45. The van der Waals surface area contributed by atoms with E-state index in [9.17, 15) is 9.59 Å². The van der Waals surface area contributed by atoms with Crippen molar-refractivity contribution in [3.63, 3.8) is 0 Å². The van der Waals surface area contributed by atoms with Gasteiger partial charge >= 0.3 is 0 Å². The molecule has 7 heteroatoms. The number of aromatic nitrogens is 1. The van der Waals surface area contributed by atoms with Crippen LogP contribution in [0.1, 0.15) is 29.0 Å². The van der Waals surface area contributed by atoms with E-state index in [2.05, 4.69) is 20.5 Å². The van der Waals surface area contributed by atoms with Gasteiger partial charge in [-0.3, -0.25) is 19.5 Å². The maximum atomic E-state index is 12.7. The summed E-state index contributed by atoms with van der Waals surface area (Å²) in [7, 11) is 0. The third kappa shape index (κ3) is 5.12. The molecular formula is C23H24N4O3. The molecule has 4 rings (SSSR count). The van der Waals surface area contributed by atoms with Crippen LogP contribution in [0.25, 0.3) is 0 Å². The summed E-state index contributed by atoms with van der Waals surface area (Å²) in [6.45, 7) is 2.50. The van der Waals surface area contributed by atoms with Crippen molar-refractivity contribution in [3.8, 4) is 0 Å². The molecule has 1 fully saturated rings. The fraction of sp³-hybridized carbons (Fsp3) is 0.261. The molecule has 2 amide bonds. The Kier molecular flexibility index (Phi) is 6.20. The van der Waals surface area contributed by atoms with Gasteiger partial charge in [0.2, 0.25) is 5.91 Å². The Bertz CT molecular complexity index is 981. The second-order valence-corrected chi connectivity index (χ2v) is 7.40. The fourth-order valence-corrected chi connectivity index (χ4v) is 3.60. The van der Waals surface area contributed by atoms with Gasteiger partial charge < -0.3 is 15.1 Å². The van der Waals surface area contributed by atoms with E-state index >= 15 is 0 Å². The number of hydrogen-bond donors (Lipinski definition) is 2. The molecular weight excluding hydrogens is 380 g/mol. The molecule has 0 unspecified atom stereocenters. The summed E-state index contributed by atoms with van der Waals surface area (Å²) >= 11 is 0. The molecule has 3 aromatic rings. The van der Waals surface area contributed by atoms with Crippen molar-refractivity contribution in [2.45, 2.75) is 19.4 Å². The molecule has 0 spiro atoms. The van der Waals surface area contributed by atoms with Crippen LogP contribution in [-0.2, 0) is 11.3 Å². The first kappa shape index (κ1) is 19.8. The predicted molar refractivity (Wildman–Crippen MR) is 114 cm³/mol. The zero-order valence-corrected chi connectivity index (χ0v) is 16.6. The fourth-order valence-electron chi connectivity index (χ4n) is 3.60. The summed E-state index contributed by atoms with van der Waals surface area (Å²) in [6.07, 6.45) is 6.43. The number of anilines is 2. The van der Waals surface area contributed by atoms with Crippen LogP contribution in [0.2, 0.25) is 0 Å². The average molecular weight is 404 g/mol. The second-order valence-electron chi connectivity index (χ2n) is 7.40. The summed E-state index contributed by atoms with van der Waals surface area (Å²) in [5, 5.41) is 5.82. The van der Waals surface area contributed by atoms with E-state index in [-0.39, 0.29) is 17.7 Å². The maximum absolute atomic E-state index is 12.7. The van der Waals surface area contributed by atoms with Crippen LogP contribution in [-0.4, -0.2) is 34.8 Å². The van der Waals surface area contributed by atoms with Crippen molar-refractivity contribution in [2.24, 2.45) is 5.92 Å². The maximum Gasteiger partial charge on any atom is 0.257 e. The lowest BCUT2D eigenvalue weighted by Gasteiger charge is -2.30. The van der Waals surface area contributed by atoms with Crippen LogP contribution in [0, 0.1) is 5.92 Å². The van der Waals surface area contributed by atoms with E-state index < -0.39 is 0 Å². The Balaban J connectivity index is 1.29. The monoisotopic (exact) mass is 404 g/mol. The lowest BCUT2D eigenvalue weighted by atomic mass is 9.95. The second kappa shape index (κ2) is 9.37. The SMILES string of the molecule is O=C(Nc1cccc(NC(=O)C2CCN(Cc3ccco3)CC2)c1)c1cccnc1. The molecule has 1 saturated heterocycles. The van der Waals surface area contributed by atoms with Gasteiger partial charge in [-0.15, -0.1) is 0 Å². The third-order valence-corrected chi connectivity index (χ3v) is 5.23. The highest BCUT2D eigenvalue weighted by atomic mass is 16.3. The minimum Gasteiger partial charge on any atom is -0.468 e. The lowest BCUT2D eigenvalue weighted by Crippen LogP contribution is -2.37. The predicted octanol–water partition coefficient (Wildman–Crippen LogP) is 3.78. The van der Waals surface area contributed by atoms with Crippen molar-refractivity contribution in [2.75, 3.05) is 23.7 Å². The number of carbonyl (C=O) groups excluding carboxylic acids is 2. The van der Waals surface area contributed by atoms with Crippen molar-refractivity contribution in [1.82, 2.24) is 9.88 Å². The van der Waals surface area contributed by atoms with Crippen LogP contribution >= 0.6 is 0 Å². The number of piperidine rings is 1. The van der Waals surface area contributed by atoms with Crippen LogP contribution in [0.4, 0.5) is 11.4 Å². The minimum atomic E-state index is -0.240. The normalized spacial score (nSPS) is 14.9. The smallest absolute Gasteiger partial charge is 0.257 e. The highest BCUT2D eigenvalue weighted by Gasteiger charge is 2.25. The van der Waals surface area contributed by atoms with Gasteiger partial charge in [-0.25, -0.2) is 0 Å². The third-order valence-electron chi connectivity index (χ3n) is 5.23. The lowest BCUT2D eigenvalue weighted by molar-refractivity contribution is -0.121. The standard InChI is InChI=1S/C23H24N4O3/c28-22(17-8-11-27(12-9-17)16-21-7-3-13-30-21)25-19-5-1-6-20(14-19)26-23(29)18-4-2-10-24-15-18/h1-7,10,13-15,17H,8-9,11-12,16H2,(H,25,28)(H,26,29).